The predicted octanol–water partition coefficient (Wildman–Crippen LogP) is 0.600. The van der Waals surface area contributed by atoms with Gasteiger partial charge in [-0.1, -0.05) is 13.8 Å². The molecule has 0 aromatic heterocycles. The minimum absolute atomic E-state index is 0.519. The Bertz CT molecular complexity index is 40.7. The quantitative estimate of drug-likeness (QED) is 0.458. The van der Waals surface area contributed by atoms with Gasteiger partial charge in [-0.05, 0) is 11.8 Å². The molecule has 3 atom stereocenters. The van der Waals surface area contributed by atoms with Crippen LogP contribution < -0.4 is 5.73 Å². The van der Waals surface area contributed by atoms with Crippen molar-refractivity contribution in [3.05, 3.63) is 0 Å². The zero-order valence-corrected chi connectivity index (χ0v) is 4.31. The van der Waals surface area contributed by atoms with Gasteiger partial charge in [0.25, 0.3) is 0 Å². The Morgan fingerprint density at radius 1 is 1.17 bits per heavy atom. The van der Waals surface area contributed by atoms with E-state index in [0.717, 1.165) is 11.8 Å². The van der Waals surface area contributed by atoms with E-state index < -0.39 is 0 Å². The maximum absolute atomic E-state index is 5.51. The molecule has 1 nitrogen and oxygen atoms in total. The van der Waals surface area contributed by atoms with Crippen molar-refractivity contribution in [3.8, 4) is 0 Å². The molecule has 1 fully saturated rings. The first-order chi connectivity index (χ1) is 2.73. The van der Waals surface area contributed by atoms with Crippen molar-refractivity contribution in [2.24, 2.45) is 17.6 Å². The molecule has 1 saturated carbocycles. The van der Waals surface area contributed by atoms with Gasteiger partial charge in [-0.15, -0.1) is 0 Å². The SMILES string of the molecule is CC1C(N)[C@@H]1C. The average molecular weight is 85.1 g/mol. The van der Waals surface area contributed by atoms with Crippen LogP contribution in [-0.4, -0.2) is 6.04 Å². The van der Waals surface area contributed by atoms with Crippen LogP contribution in [0.5, 0.6) is 0 Å². The van der Waals surface area contributed by atoms with E-state index in [2.05, 4.69) is 13.8 Å². The maximum Gasteiger partial charge on any atom is 0.00966 e. The molecule has 1 aliphatic rings. The fourth-order valence-electron chi connectivity index (χ4n) is 0.701. The Morgan fingerprint density at radius 3 is 1.33 bits per heavy atom. The molecular weight excluding hydrogens is 74.1 g/mol. The number of rotatable bonds is 0. The van der Waals surface area contributed by atoms with Crippen molar-refractivity contribution in [1.29, 1.82) is 0 Å². The zero-order chi connectivity index (χ0) is 4.73. The topological polar surface area (TPSA) is 26.0 Å². The van der Waals surface area contributed by atoms with E-state index >= 15 is 0 Å². The minimum Gasteiger partial charge on any atom is -0.327 e. The summed E-state index contributed by atoms with van der Waals surface area (Å²) in [6.07, 6.45) is 0. The first kappa shape index (κ1) is 4.13. The van der Waals surface area contributed by atoms with E-state index in [9.17, 15) is 0 Å². The molecule has 0 amide bonds. The molecule has 36 valence electrons. The second-order valence-corrected chi connectivity index (χ2v) is 2.30. The van der Waals surface area contributed by atoms with Crippen LogP contribution in [-0.2, 0) is 0 Å². The zero-order valence-electron chi connectivity index (χ0n) is 4.31. The van der Waals surface area contributed by atoms with Gasteiger partial charge in [0.2, 0.25) is 0 Å². The molecule has 0 aromatic carbocycles. The molecular formula is C5H11N. The highest BCUT2D eigenvalue weighted by Crippen LogP contribution is 2.34. The third-order valence-electron chi connectivity index (χ3n) is 1.90. The number of nitrogens with two attached hydrogens (primary N) is 1. The summed E-state index contributed by atoms with van der Waals surface area (Å²) in [4.78, 5) is 0. The summed E-state index contributed by atoms with van der Waals surface area (Å²) in [5, 5.41) is 0. The van der Waals surface area contributed by atoms with E-state index in [0.29, 0.717) is 6.04 Å². The summed E-state index contributed by atoms with van der Waals surface area (Å²) >= 11 is 0. The Morgan fingerprint density at radius 2 is 1.33 bits per heavy atom. The van der Waals surface area contributed by atoms with Gasteiger partial charge in [0.1, 0.15) is 0 Å². The van der Waals surface area contributed by atoms with Crippen molar-refractivity contribution in [2.75, 3.05) is 0 Å². The summed E-state index contributed by atoms with van der Waals surface area (Å²) in [6.45, 7) is 4.38. The lowest BCUT2D eigenvalue weighted by molar-refractivity contribution is 0.834. The Labute approximate surface area is 38.5 Å². The minimum atomic E-state index is 0.519. The van der Waals surface area contributed by atoms with E-state index in [4.69, 9.17) is 5.73 Å². The largest absolute Gasteiger partial charge is 0.327 e. The molecule has 1 rings (SSSR count). The monoisotopic (exact) mass is 85.1 g/mol. The van der Waals surface area contributed by atoms with Gasteiger partial charge in [0, 0.05) is 6.04 Å². The van der Waals surface area contributed by atoms with Crippen LogP contribution in [0, 0.1) is 11.8 Å². The second-order valence-electron chi connectivity index (χ2n) is 2.30. The van der Waals surface area contributed by atoms with Crippen molar-refractivity contribution in [3.63, 3.8) is 0 Å². The summed E-state index contributed by atoms with van der Waals surface area (Å²) in [7, 11) is 0. The van der Waals surface area contributed by atoms with Crippen LogP contribution in [0.15, 0.2) is 0 Å². The summed E-state index contributed by atoms with van der Waals surface area (Å²) in [5.41, 5.74) is 5.51. The Kier molecular flexibility index (Phi) is 0.667. The van der Waals surface area contributed by atoms with Crippen LogP contribution in [0.25, 0.3) is 0 Å². The van der Waals surface area contributed by atoms with Crippen molar-refractivity contribution in [1.82, 2.24) is 0 Å². The lowest BCUT2D eigenvalue weighted by atomic mass is 10.4. The van der Waals surface area contributed by atoms with Gasteiger partial charge in [-0.2, -0.15) is 0 Å². The summed E-state index contributed by atoms with van der Waals surface area (Å²) in [5.74, 6) is 1.59. The van der Waals surface area contributed by atoms with Gasteiger partial charge in [0.05, 0.1) is 0 Å². The smallest absolute Gasteiger partial charge is 0.00966 e. The molecule has 0 aliphatic heterocycles. The standard InChI is InChI=1S/C5H11N/c1-3-4(2)5(3)6/h3-5H,6H2,1-2H3/t3-,4?,5?/m1/s1. The highest BCUT2D eigenvalue weighted by molar-refractivity contribution is 4.94. The normalized spacial score (nSPS) is 55.5. The molecule has 6 heavy (non-hydrogen) atoms. The van der Waals surface area contributed by atoms with Gasteiger partial charge in [0.15, 0.2) is 0 Å². The second kappa shape index (κ2) is 0.969. The first-order valence-electron chi connectivity index (χ1n) is 2.49. The number of hydrogen-bond acceptors (Lipinski definition) is 1. The summed E-state index contributed by atoms with van der Waals surface area (Å²) in [6, 6.07) is 0.519. The van der Waals surface area contributed by atoms with E-state index in [1.807, 2.05) is 0 Å². The van der Waals surface area contributed by atoms with Crippen molar-refractivity contribution < 1.29 is 0 Å². The van der Waals surface area contributed by atoms with Crippen LogP contribution in [0.4, 0.5) is 0 Å². The predicted molar refractivity (Wildman–Crippen MR) is 26.3 cm³/mol. The Hall–Kier alpha value is -0.0400. The molecule has 0 saturated heterocycles. The lowest BCUT2D eigenvalue weighted by Crippen LogP contribution is -2.01. The van der Waals surface area contributed by atoms with E-state index in [1.165, 1.54) is 0 Å². The third-order valence-corrected chi connectivity index (χ3v) is 1.90. The molecule has 0 spiro atoms. The van der Waals surface area contributed by atoms with Gasteiger partial charge >= 0.3 is 0 Å². The van der Waals surface area contributed by atoms with Crippen LogP contribution >= 0.6 is 0 Å². The van der Waals surface area contributed by atoms with Crippen molar-refractivity contribution >= 4 is 0 Å². The molecule has 0 heterocycles. The Balaban J connectivity index is 2.31. The molecule has 2 N–H and O–H groups in total. The van der Waals surface area contributed by atoms with Gasteiger partial charge < -0.3 is 5.73 Å². The van der Waals surface area contributed by atoms with Gasteiger partial charge in [-0.25, -0.2) is 0 Å². The maximum atomic E-state index is 5.51. The molecule has 0 radical (unpaired) electrons. The highest BCUT2D eigenvalue weighted by Gasteiger charge is 2.38. The molecule has 1 aliphatic carbocycles. The first-order valence-corrected chi connectivity index (χ1v) is 2.49. The van der Waals surface area contributed by atoms with E-state index in [-0.39, 0.29) is 0 Å². The fraction of sp³-hybridized carbons (Fsp3) is 1.00. The fourth-order valence-corrected chi connectivity index (χ4v) is 0.701. The lowest BCUT2D eigenvalue weighted by Gasteiger charge is -1.69. The summed E-state index contributed by atoms with van der Waals surface area (Å²) < 4.78 is 0. The van der Waals surface area contributed by atoms with Crippen LogP contribution in [0.2, 0.25) is 0 Å². The van der Waals surface area contributed by atoms with Crippen molar-refractivity contribution in [2.45, 2.75) is 19.9 Å². The van der Waals surface area contributed by atoms with Gasteiger partial charge in [-0.3, -0.25) is 0 Å². The molecule has 1 heteroatoms. The molecule has 2 unspecified atom stereocenters. The molecule has 0 bridgehead atoms. The van der Waals surface area contributed by atoms with Crippen LogP contribution in [0.3, 0.4) is 0 Å². The average Bonchev–Trinajstić information content (AvgIpc) is 1.94. The number of hydrogen-bond donors (Lipinski definition) is 1. The van der Waals surface area contributed by atoms with E-state index in [1.54, 1.807) is 0 Å². The third kappa shape index (κ3) is 0.350. The van der Waals surface area contributed by atoms with Crippen LogP contribution in [0.1, 0.15) is 13.8 Å². The molecule has 0 aromatic rings. The highest BCUT2D eigenvalue weighted by atomic mass is 14.8.